The molecule has 2 aromatic heterocycles. The van der Waals surface area contributed by atoms with Gasteiger partial charge in [-0.1, -0.05) is 127 Å². The van der Waals surface area contributed by atoms with Crippen molar-refractivity contribution in [2.24, 2.45) is 0 Å². The highest BCUT2D eigenvalue weighted by Crippen LogP contribution is 2.44. The van der Waals surface area contributed by atoms with Crippen molar-refractivity contribution >= 4 is 81.3 Å². The number of hydrogen-bond acceptors (Lipinski definition) is 3. The zero-order chi connectivity index (χ0) is 32.3. The van der Waals surface area contributed by atoms with Crippen LogP contribution in [0.5, 0.6) is 0 Å². The second-order valence-corrected chi connectivity index (χ2v) is 13.6. The van der Waals surface area contributed by atoms with E-state index in [1.54, 1.807) is 0 Å². The van der Waals surface area contributed by atoms with E-state index in [1.807, 2.05) is 11.3 Å². The summed E-state index contributed by atoms with van der Waals surface area (Å²) in [6, 6.07) is 63.0. The van der Waals surface area contributed by atoms with E-state index >= 15 is 0 Å². The van der Waals surface area contributed by atoms with Crippen molar-refractivity contribution < 1.29 is 4.42 Å². The van der Waals surface area contributed by atoms with Crippen LogP contribution in [-0.4, -0.2) is 0 Å². The molecule has 0 aliphatic rings. The first-order valence-corrected chi connectivity index (χ1v) is 17.4. The molecule has 0 aliphatic heterocycles. The maximum absolute atomic E-state index is 6.82. The lowest BCUT2D eigenvalue weighted by molar-refractivity contribution is 0.674. The Labute approximate surface area is 287 Å². The van der Waals surface area contributed by atoms with Gasteiger partial charge in [-0.25, -0.2) is 0 Å². The van der Waals surface area contributed by atoms with Crippen LogP contribution in [0.1, 0.15) is 0 Å². The van der Waals surface area contributed by atoms with Crippen molar-refractivity contribution in [1.29, 1.82) is 0 Å². The molecule has 0 saturated heterocycles. The van der Waals surface area contributed by atoms with E-state index < -0.39 is 0 Å². The zero-order valence-electron chi connectivity index (χ0n) is 26.5. The Bertz CT molecular complexity index is 2810. The molecule has 0 saturated carbocycles. The number of para-hydroxylation sites is 2. The van der Waals surface area contributed by atoms with Gasteiger partial charge in [-0.3, -0.25) is 0 Å². The third-order valence-electron chi connectivity index (χ3n) is 9.66. The summed E-state index contributed by atoms with van der Waals surface area (Å²) in [5.41, 5.74) is 9.84. The molecule has 0 amide bonds. The van der Waals surface area contributed by atoms with E-state index in [-0.39, 0.29) is 0 Å². The number of thiophene rings is 1. The van der Waals surface area contributed by atoms with Crippen molar-refractivity contribution in [3.63, 3.8) is 0 Å². The Morgan fingerprint density at radius 3 is 1.76 bits per heavy atom. The number of nitrogens with zero attached hydrogens (tertiary/aromatic N) is 1. The predicted molar refractivity (Wildman–Crippen MR) is 210 cm³/mol. The molecule has 8 aromatic carbocycles. The maximum atomic E-state index is 6.82. The van der Waals surface area contributed by atoms with Crippen molar-refractivity contribution in [2.45, 2.75) is 0 Å². The average Bonchev–Trinajstić information content (AvgIpc) is 3.74. The minimum atomic E-state index is 0.913. The van der Waals surface area contributed by atoms with Crippen molar-refractivity contribution in [3.8, 4) is 22.3 Å². The van der Waals surface area contributed by atoms with Gasteiger partial charge in [0.2, 0.25) is 0 Å². The lowest BCUT2D eigenvalue weighted by Gasteiger charge is -2.25. The molecule has 0 unspecified atom stereocenters. The molecular formula is C46H29NOS. The van der Waals surface area contributed by atoms with Gasteiger partial charge in [-0.2, -0.15) is 0 Å². The largest absolute Gasteiger partial charge is 0.455 e. The summed E-state index contributed by atoms with van der Waals surface area (Å²) in [4.78, 5) is 2.34. The van der Waals surface area contributed by atoms with Gasteiger partial charge in [0.1, 0.15) is 11.2 Å². The van der Waals surface area contributed by atoms with E-state index in [9.17, 15) is 0 Å². The fraction of sp³-hybridized carbons (Fsp3) is 0. The molecule has 0 spiro atoms. The SMILES string of the molecule is c1ccc(-c2cc3c4cccc(-c5ccc(N(c6ccccc6)c6ccc7c(c6)sc6ccccc67)cc5)c4oc3c3ccccc23)cc1. The summed E-state index contributed by atoms with van der Waals surface area (Å²) in [5.74, 6) is 0. The molecule has 0 fully saturated rings. The highest BCUT2D eigenvalue weighted by Gasteiger charge is 2.19. The smallest absolute Gasteiger partial charge is 0.143 e. The molecule has 10 rings (SSSR count). The first-order chi connectivity index (χ1) is 24.3. The van der Waals surface area contributed by atoms with Crippen LogP contribution in [0.4, 0.5) is 17.1 Å². The molecule has 3 heteroatoms. The molecule has 0 atom stereocenters. The number of furan rings is 1. The van der Waals surface area contributed by atoms with E-state index in [1.165, 1.54) is 36.7 Å². The predicted octanol–water partition coefficient (Wildman–Crippen LogP) is 13.9. The number of benzene rings is 8. The lowest BCUT2D eigenvalue weighted by atomic mass is 9.95. The Morgan fingerprint density at radius 2 is 0.939 bits per heavy atom. The van der Waals surface area contributed by atoms with Crippen LogP contribution in [0.15, 0.2) is 180 Å². The highest BCUT2D eigenvalue weighted by atomic mass is 32.1. The van der Waals surface area contributed by atoms with Gasteiger partial charge in [0.05, 0.1) is 0 Å². The van der Waals surface area contributed by atoms with Crippen molar-refractivity contribution in [3.05, 3.63) is 176 Å². The summed E-state index contributed by atoms with van der Waals surface area (Å²) < 4.78 is 9.42. The molecule has 0 N–H and O–H groups in total. The number of hydrogen-bond donors (Lipinski definition) is 0. The molecule has 2 heterocycles. The second kappa shape index (κ2) is 11.2. The molecule has 0 radical (unpaired) electrons. The third kappa shape index (κ3) is 4.55. The second-order valence-electron chi connectivity index (χ2n) is 12.5. The van der Waals surface area contributed by atoms with Crippen LogP contribution in [0.3, 0.4) is 0 Å². The first-order valence-electron chi connectivity index (χ1n) is 16.6. The fourth-order valence-corrected chi connectivity index (χ4v) is 8.51. The Kier molecular flexibility index (Phi) is 6.39. The zero-order valence-corrected chi connectivity index (χ0v) is 27.3. The molecular weight excluding hydrogens is 615 g/mol. The molecule has 0 aliphatic carbocycles. The number of fused-ring (bicyclic) bond motifs is 8. The van der Waals surface area contributed by atoms with Crippen molar-refractivity contribution in [2.75, 3.05) is 4.90 Å². The summed E-state index contributed by atoms with van der Waals surface area (Å²) in [7, 11) is 0. The Balaban J connectivity index is 1.10. The van der Waals surface area contributed by atoms with Gasteiger partial charge in [-0.15, -0.1) is 11.3 Å². The van der Waals surface area contributed by atoms with Crippen LogP contribution < -0.4 is 4.90 Å². The average molecular weight is 644 g/mol. The highest BCUT2D eigenvalue weighted by molar-refractivity contribution is 7.25. The molecule has 230 valence electrons. The van der Waals surface area contributed by atoms with E-state index in [0.29, 0.717) is 0 Å². The number of anilines is 3. The van der Waals surface area contributed by atoms with Crippen LogP contribution >= 0.6 is 11.3 Å². The number of rotatable bonds is 5. The normalized spacial score (nSPS) is 11.7. The molecule has 0 bridgehead atoms. The molecule has 49 heavy (non-hydrogen) atoms. The standard InChI is InChI=1S/C46H29NOS/c1-3-12-30(13-4-1)41-29-42-40-20-11-19-35(45(40)48-46(42)39-18-8-7-16-36(39)41)31-22-24-33(25-23-31)47(32-14-5-2-6-15-32)34-26-27-38-37-17-9-10-21-43(37)49-44(38)28-34/h1-29H. The van der Waals surface area contributed by atoms with Crippen LogP contribution in [0.2, 0.25) is 0 Å². The summed E-state index contributed by atoms with van der Waals surface area (Å²) in [6.07, 6.45) is 0. The Hall–Kier alpha value is -6.16. The third-order valence-corrected chi connectivity index (χ3v) is 10.8. The summed E-state index contributed by atoms with van der Waals surface area (Å²) in [6.45, 7) is 0. The summed E-state index contributed by atoms with van der Waals surface area (Å²) in [5, 5.41) is 7.20. The van der Waals surface area contributed by atoms with Gasteiger partial charge in [-0.05, 0) is 70.6 Å². The first kappa shape index (κ1) is 27.9. The van der Waals surface area contributed by atoms with Crippen LogP contribution in [0.25, 0.3) is 75.1 Å². The van der Waals surface area contributed by atoms with E-state index in [0.717, 1.165) is 55.5 Å². The van der Waals surface area contributed by atoms with Gasteiger partial charge in [0, 0.05) is 59.0 Å². The van der Waals surface area contributed by atoms with Crippen molar-refractivity contribution in [1.82, 2.24) is 0 Å². The van der Waals surface area contributed by atoms with E-state index in [2.05, 4.69) is 181 Å². The molecule has 2 nitrogen and oxygen atoms in total. The van der Waals surface area contributed by atoms with Gasteiger partial charge in [0.15, 0.2) is 0 Å². The van der Waals surface area contributed by atoms with E-state index in [4.69, 9.17) is 4.42 Å². The fourth-order valence-electron chi connectivity index (χ4n) is 7.37. The topological polar surface area (TPSA) is 16.4 Å². The van der Waals surface area contributed by atoms with Gasteiger partial charge >= 0.3 is 0 Å². The van der Waals surface area contributed by atoms with Gasteiger partial charge < -0.3 is 9.32 Å². The van der Waals surface area contributed by atoms with Crippen LogP contribution in [-0.2, 0) is 0 Å². The Morgan fingerprint density at radius 1 is 0.347 bits per heavy atom. The van der Waals surface area contributed by atoms with Crippen LogP contribution in [0, 0.1) is 0 Å². The lowest BCUT2D eigenvalue weighted by Crippen LogP contribution is -2.09. The monoisotopic (exact) mass is 643 g/mol. The maximum Gasteiger partial charge on any atom is 0.143 e. The minimum absolute atomic E-state index is 0.913. The van der Waals surface area contributed by atoms with Gasteiger partial charge in [0.25, 0.3) is 0 Å². The summed E-state index contributed by atoms with van der Waals surface area (Å²) >= 11 is 1.85. The molecule has 10 aromatic rings. The quantitative estimate of drug-likeness (QED) is 0.186. The minimum Gasteiger partial charge on any atom is -0.455 e.